The quantitative estimate of drug-likeness (QED) is 0.758. The van der Waals surface area contributed by atoms with Crippen molar-refractivity contribution in [3.63, 3.8) is 0 Å². The number of alkyl halides is 3. The number of hydrogen-bond acceptors (Lipinski definition) is 3. The lowest BCUT2D eigenvalue weighted by Gasteiger charge is -2.12. The number of aliphatic hydroxyl groups excluding tert-OH is 1. The molecule has 5 nitrogen and oxygen atoms in total. The Morgan fingerprint density at radius 1 is 1.39 bits per heavy atom. The van der Waals surface area contributed by atoms with Crippen molar-refractivity contribution in [2.45, 2.75) is 19.0 Å². The fourth-order valence-electron chi connectivity index (χ4n) is 1.45. The third kappa shape index (κ3) is 3.10. The van der Waals surface area contributed by atoms with E-state index in [2.05, 4.69) is 0 Å². The van der Waals surface area contributed by atoms with Crippen LogP contribution in [-0.2, 0) is 12.6 Å². The molecular formula is C10H10F3NO4. The second-order valence-corrected chi connectivity index (χ2v) is 3.54. The van der Waals surface area contributed by atoms with Crippen LogP contribution in [0.2, 0.25) is 0 Å². The van der Waals surface area contributed by atoms with Gasteiger partial charge in [0.15, 0.2) is 0 Å². The molecule has 1 aromatic rings. The van der Waals surface area contributed by atoms with Crippen molar-refractivity contribution in [2.24, 2.45) is 0 Å². The molecule has 3 N–H and O–H groups in total. The molecule has 1 heterocycles. The molecule has 18 heavy (non-hydrogen) atoms. The summed E-state index contributed by atoms with van der Waals surface area (Å²) in [4.78, 5) is 23.4. The number of carboxylic acid groups (broad SMARTS) is 1. The highest BCUT2D eigenvalue weighted by atomic mass is 19.4. The number of aromatic nitrogens is 1. The molecule has 100 valence electrons. The highest BCUT2D eigenvalue weighted by Crippen LogP contribution is 2.30. The zero-order valence-electron chi connectivity index (χ0n) is 9.04. The molecule has 1 aromatic heterocycles. The van der Waals surface area contributed by atoms with Gasteiger partial charge in [0.05, 0.1) is 0 Å². The van der Waals surface area contributed by atoms with Gasteiger partial charge in [-0.05, 0) is 24.5 Å². The van der Waals surface area contributed by atoms with Gasteiger partial charge in [-0.2, -0.15) is 13.2 Å². The van der Waals surface area contributed by atoms with E-state index in [1.54, 1.807) is 0 Å². The lowest BCUT2D eigenvalue weighted by Crippen LogP contribution is -2.24. The van der Waals surface area contributed by atoms with E-state index in [1.165, 1.54) is 4.98 Å². The first-order chi connectivity index (χ1) is 8.27. The molecule has 0 aromatic carbocycles. The first kappa shape index (κ1) is 14.2. The van der Waals surface area contributed by atoms with Gasteiger partial charge in [0.25, 0.3) is 5.56 Å². The first-order valence-electron chi connectivity index (χ1n) is 4.95. The molecule has 0 aliphatic carbocycles. The highest BCUT2D eigenvalue weighted by molar-refractivity contribution is 5.87. The number of aromatic amines is 1. The number of aryl methyl sites for hydroxylation is 1. The average Bonchev–Trinajstić information content (AvgIpc) is 2.25. The van der Waals surface area contributed by atoms with E-state index < -0.39 is 29.0 Å². The van der Waals surface area contributed by atoms with E-state index in [4.69, 9.17) is 10.2 Å². The van der Waals surface area contributed by atoms with Gasteiger partial charge in [-0.25, -0.2) is 4.79 Å². The maximum absolute atomic E-state index is 12.6. The van der Waals surface area contributed by atoms with Gasteiger partial charge in [0, 0.05) is 6.61 Å². The number of H-pyrrole nitrogens is 1. The minimum atomic E-state index is -4.78. The summed E-state index contributed by atoms with van der Waals surface area (Å²) < 4.78 is 37.8. The monoisotopic (exact) mass is 265 g/mol. The Kier molecular flexibility index (Phi) is 4.12. The summed E-state index contributed by atoms with van der Waals surface area (Å²) in [6.45, 7) is -0.334. The van der Waals surface area contributed by atoms with Gasteiger partial charge < -0.3 is 15.2 Å². The number of aromatic carboxylic acids is 1. The fraction of sp³-hybridized carbons (Fsp3) is 0.400. The molecule has 0 saturated carbocycles. The largest absolute Gasteiger partial charge is 0.477 e. The van der Waals surface area contributed by atoms with Crippen LogP contribution in [0.25, 0.3) is 0 Å². The van der Waals surface area contributed by atoms with Crippen molar-refractivity contribution in [3.05, 3.63) is 33.2 Å². The minimum absolute atomic E-state index is 0.0359. The summed E-state index contributed by atoms with van der Waals surface area (Å²) in [6, 6.07) is 0.694. The number of pyridine rings is 1. The molecule has 0 aliphatic heterocycles. The Labute approximate surface area is 98.9 Å². The van der Waals surface area contributed by atoms with Crippen LogP contribution in [0.5, 0.6) is 0 Å². The van der Waals surface area contributed by atoms with Gasteiger partial charge in [-0.15, -0.1) is 0 Å². The lowest BCUT2D eigenvalue weighted by molar-refractivity contribution is -0.142. The normalized spacial score (nSPS) is 11.6. The Balaban J connectivity index is 3.37. The summed E-state index contributed by atoms with van der Waals surface area (Å²) >= 11 is 0. The van der Waals surface area contributed by atoms with Gasteiger partial charge in [-0.3, -0.25) is 4.79 Å². The van der Waals surface area contributed by atoms with Crippen molar-refractivity contribution in [1.29, 1.82) is 0 Å². The zero-order valence-corrected chi connectivity index (χ0v) is 9.04. The standard InChI is InChI=1S/C10H10F3NO4/c11-10(12,13)7-5(2-1-3-15)4-6(9(17)18)8(16)14-7/h4,15H,1-3H2,(H,14,16)(H,17,18). The van der Waals surface area contributed by atoms with Crippen molar-refractivity contribution in [1.82, 2.24) is 4.98 Å². The Bertz CT molecular complexity index is 507. The van der Waals surface area contributed by atoms with E-state index in [0.29, 0.717) is 6.07 Å². The molecule has 0 saturated heterocycles. The molecule has 0 bridgehead atoms. The molecule has 0 atom stereocenters. The number of halogens is 3. The lowest BCUT2D eigenvalue weighted by atomic mass is 10.1. The van der Waals surface area contributed by atoms with Gasteiger partial charge in [-0.1, -0.05) is 0 Å². The third-order valence-electron chi connectivity index (χ3n) is 2.24. The highest BCUT2D eigenvalue weighted by Gasteiger charge is 2.35. The topological polar surface area (TPSA) is 90.4 Å². The number of hydrogen-bond donors (Lipinski definition) is 3. The molecule has 0 unspecified atom stereocenters. The van der Waals surface area contributed by atoms with Crippen molar-refractivity contribution in [3.8, 4) is 0 Å². The minimum Gasteiger partial charge on any atom is -0.477 e. The summed E-state index contributed by atoms with van der Waals surface area (Å²) in [5.41, 5.74) is -3.68. The second kappa shape index (κ2) is 5.21. The van der Waals surface area contributed by atoms with Crippen LogP contribution < -0.4 is 5.56 Å². The average molecular weight is 265 g/mol. The molecule has 0 fully saturated rings. The van der Waals surface area contributed by atoms with Crippen molar-refractivity contribution >= 4 is 5.97 Å². The number of nitrogens with one attached hydrogen (secondary N) is 1. The van der Waals surface area contributed by atoms with Crippen LogP contribution in [-0.4, -0.2) is 27.8 Å². The Morgan fingerprint density at radius 2 is 2.00 bits per heavy atom. The predicted octanol–water partition coefficient (Wildman–Crippen LogP) is 1.02. The molecule has 8 heteroatoms. The van der Waals surface area contributed by atoms with Crippen LogP contribution in [0.3, 0.4) is 0 Å². The maximum atomic E-state index is 12.6. The van der Waals surface area contributed by atoms with Crippen LogP contribution >= 0.6 is 0 Å². The van der Waals surface area contributed by atoms with Crippen molar-refractivity contribution < 1.29 is 28.2 Å². The number of rotatable bonds is 4. The van der Waals surface area contributed by atoms with Gasteiger partial charge in [0.2, 0.25) is 0 Å². The van der Waals surface area contributed by atoms with E-state index in [-0.39, 0.29) is 25.0 Å². The van der Waals surface area contributed by atoms with E-state index in [1.807, 2.05) is 0 Å². The molecule has 0 amide bonds. The predicted molar refractivity (Wildman–Crippen MR) is 54.4 cm³/mol. The summed E-state index contributed by atoms with van der Waals surface area (Å²) in [7, 11) is 0. The number of carbonyl (C=O) groups is 1. The molecule has 1 rings (SSSR count). The number of aliphatic hydroxyl groups is 1. The molecule has 0 aliphatic rings. The fourth-order valence-corrected chi connectivity index (χ4v) is 1.45. The zero-order chi connectivity index (χ0) is 13.9. The van der Waals surface area contributed by atoms with E-state index in [0.717, 1.165) is 0 Å². The smallest absolute Gasteiger partial charge is 0.431 e. The van der Waals surface area contributed by atoms with E-state index >= 15 is 0 Å². The molecular weight excluding hydrogens is 255 g/mol. The van der Waals surface area contributed by atoms with Gasteiger partial charge in [0.1, 0.15) is 11.3 Å². The Hall–Kier alpha value is -1.83. The maximum Gasteiger partial charge on any atom is 0.431 e. The van der Waals surface area contributed by atoms with Crippen molar-refractivity contribution in [2.75, 3.05) is 6.61 Å². The summed E-state index contributed by atoms with van der Waals surface area (Å²) in [5.74, 6) is -1.60. The molecule has 0 radical (unpaired) electrons. The number of carboxylic acids is 1. The van der Waals surface area contributed by atoms with Gasteiger partial charge >= 0.3 is 12.1 Å². The SMILES string of the molecule is O=C(O)c1cc(CCCO)c(C(F)(F)F)[nH]c1=O. The summed E-state index contributed by atoms with van der Waals surface area (Å²) in [6.07, 6.45) is -4.92. The first-order valence-corrected chi connectivity index (χ1v) is 4.95. The van der Waals surface area contributed by atoms with Crippen LogP contribution in [0.4, 0.5) is 13.2 Å². The molecule has 0 spiro atoms. The Morgan fingerprint density at radius 3 is 2.44 bits per heavy atom. The second-order valence-electron chi connectivity index (χ2n) is 3.54. The van der Waals surface area contributed by atoms with Crippen LogP contribution in [0.15, 0.2) is 10.9 Å². The summed E-state index contributed by atoms with van der Waals surface area (Å²) in [5, 5.41) is 17.2. The third-order valence-corrected chi connectivity index (χ3v) is 2.24. The van der Waals surface area contributed by atoms with Crippen LogP contribution in [0, 0.1) is 0 Å². The van der Waals surface area contributed by atoms with Crippen LogP contribution in [0.1, 0.15) is 28.0 Å². The van der Waals surface area contributed by atoms with E-state index in [9.17, 15) is 22.8 Å².